The minimum Gasteiger partial charge on any atom is -0.247 e. The Bertz CT molecular complexity index is 122. The van der Waals surface area contributed by atoms with E-state index in [1.165, 1.54) is 0 Å². The predicted octanol–water partition coefficient (Wildman–Crippen LogP) is 4.59. The molecule has 0 aromatic carbocycles. The van der Waals surface area contributed by atoms with Gasteiger partial charge in [0.2, 0.25) is 0 Å². The van der Waals surface area contributed by atoms with Crippen LogP contribution in [0.3, 0.4) is 0 Å². The van der Waals surface area contributed by atoms with Crippen LogP contribution in [0.25, 0.3) is 0 Å². The second-order valence-corrected chi connectivity index (χ2v) is 5.68. The molecule has 0 aliphatic heterocycles. The second-order valence-electron chi connectivity index (χ2n) is 5.68. The summed E-state index contributed by atoms with van der Waals surface area (Å²) >= 11 is 0. The highest BCUT2D eigenvalue weighted by Crippen LogP contribution is 2.23. The lowest BCUT2D eigenvalue weighted by Crippen LogP contribution is -2.08. The smallest absolute Gasteiger partial charge is 0.100 e. The van der Waals surface area contributed by atoms with Gasteiger partial charge in [0, 0.05) is 0 Å². The average molecular weight is 188 g/mol. The van der Waals surface area contributed by atoms with E-state index in [1.807, 2.05) is 0 Å². The maximum Gasteiger partial charge on any atom is 0.100 e. The molecule has 0 spiro atoms. The highest BCUT2D eigenvalue weighted by Gasteiger charge is 2.13. The largest absolute Gasteiger partial charge is 0.247 e. The molecular formula is C12H25F. The van der Waals surface area contributed by atoms with Gasteiger partial charge < -0.3 is 0 Å². The Morgan fingerprint density at radius 1 is 1.15 bits per heavy atom. The van der Waals surface area contributed by atoms with Crippen LogP contribution in [0.15, 0.2) is 0 Å². The Morgan fingerprint density at radius 3 is 2.08 bits per heavy atom. The highest BCUT2D eigenvalue weighted by atomic mass is 19.1. The van der Waals surface area contributed by atoms with Gasteiger partial charge >= 0.3 is 0 Å². The minimum atomic E-state index is -0.581. The van der Waals surface area contributed by atoms with Crippen LogP contribution in [0.2, 0.25) is 0 Å². The fourth-order valence-electron chi connectivity index (χ4n) is 1.48. The molecule has 1 unspecified atom stereocenters. The van der Waals surface area contributed by atoms with Crippen molar-refractivity contribution in [2.75, 3.05) is 0 Å². The summed E-state index contributed by atoms with van der Waals surface area (Å²) in [7, 11) is 0. The van der Waals surface area contributed by atoms with Gasteiger partial charge in [-0.3, -0.25) is 0 Å². The molecule has 0 amide bonds. The molecule has 0 heterocycles. The van der Waals surface area contributed by atoms with E-state index in [0.29, 0.717) is 11.3 Å². The fourth-order valence-corrected chi connectivity index (χ4v) is 1.48. The molecule has 0 aliphatic rings. The summed E-state index contributed by atoms with van der Waals surface area (Å²) in [4.78, 5) is 0. The van der Waals surface area contributed by atoms with Gasteiger partial charge in [-0.1, -0.05) is 41.0 Å². The van der Waals surface area contributed by atoms with E-state index in [4.69, 9.17) is 0 Å². The van der Waals surface area contributed by atoms with Gasteiger partial charge in [-0.05, 0) is 30.6 Å². The van der Waals surface area contributed by atoms with Crippen LogP contribution in [0.1, 0.15) is 60.3 Å². The van der Waals surface area contributed by atoms with E-state index in [0.717, 1.165) is 25.7 Å². The van der Waals surface area contributed by atoms with Crippen molar-refractivity contribution < 1.29 is 4.39 Å². The molecule has 1 heteroatoms. The summed E-state index contributed by atoms with van der Waals surface area (Å²) in [5, 5.41) is 0. The Balaban J connectivity index is 3.42. The first-order chi connectivity index (χ1) is 5.81. The molecule has 0 aliphatic carbocycles. The van der Waals surface area contributed by atoms with Crippen LogP contribution in [0, 0.1) is 11.3 Å². The maximum atomic E-state index is 13.2. The molecule has 1 atom stereocenters. The quantitative estimate of drug-likeness (QED) is 0.592. The summed E-state index contributed by atoms with van der Waals surface area (Å²) in [5.74, 6) is 0.490. The molecule has 13 heavy (non-hydrogen) atoms. The second kappa shape index (κ2) is 5.62. The van der Waals surface area contributed by atoms with Gasteiger partial charge in [-0.15, -0.1) is 0 Å². The van der Waals surface area contributed by atoms with E-state index in [1.54, 1.807) is 0 Å². The summed E-state index contributed by atoms with van der Waals surface area (Å²) in [6.45, 7) is 10.8. The summed E-state index contributed by atoms with van der Waals surface area (Å²) in [5.41, 5.74) is 0.359. The van der Waals surface area contributed by atoms with Crippen molar-refractivity contribution in [1.82, 2.24) is 0 Å². The van der Waals surface area contributed by atoms with Crippen LogP contribution >= 0.6 is 0 Å². The lowest BCUT2D eigenvalue weighted by Gasteiger charge is -2.18. The molecule has 0 aromatic heterocycles. The van der Waals surface area contributed by atoms with Crippen molar-refractivity contribution in [1.29, 1.82) is 0 Å². The minimum absolute atomic E-state index is 0.359. The summed E-state index contributed by atoms with van der Waals surface area (Å²) < 4.78 is 13.2. The topological polar surface area (TPSA) is 0 Å². The van der Waals surface area contributed by atoms with Crippen LogP contribution in [-0.4, -0.2) is 6.17 Å². The van der Waals surface area contributed by atoms with Gasteiger partial charge in [0.25, 0.3) is 0 Å². The van der Waals surface area contributed by atoms with Gasteiger partial charge in [0.15, 0.2) is 0 Å². The SMILES string of the molecule is CC(C)CC(F)CCCC(C)(C)C. The molecule has 0 radical (unpaired) electrons. The van der Waals surface area contributed by atoms with Crippen LogP contribution < -0.4 is 0 Å². The normalized spacial score (nSPS) is 15.0. The first-order valence-corrected chi connectivity index (χ1v) is 5.45. The zero-order valence-corrected chi connectivity index (χ0v) is 9.86. The Labute approximate surface area is 82.9 Å². The zero-order chi connectivity index (χ0) is 10.5. The van der Waals surface area contributed by atoms with Crippen LogP contribution in [0.5, 0.6) is 0 Å². The number of alkyl halides is 1. The van der Waals surface area contributed by atoms with Crippen molar-refractivity contribution in [3.63, 3.8) is 0 Å². The summed E-state index contributed by atoms with van der Waals surface area (Å²) in [6.07, 6.45) is 3.05. The lowest BCUT2D eigenvalue weighted by molar-refractivity contribution is 0.245. The standard InChI is InChI=1S/C12H25F/c1-10(2)9-11(13)7-6-8-12(3,4)5/h10-11H,6-9H2,1-5H3. The number of halogens is 1. The van der Waals surface area contributed by atoms with Crippen LogP contribution in [-0.2, 0) is 0 Å². The average Bonchev–Trinajstić information content (AvgIpc) is 1.81. The molecule has 0 rings (SSSR count). The predicted molar refractivity (Wildman–Crippen MR) is 57.7 cm³/mol. The van der Waals surface area contributed by atoms with Crippen molar-refractivity contribution in [2.24, 2.45) is 11.3 Å². The monoisotopic (exact) mass is 188 g/mol. The number of hydrogen-bond donors (Lipinski definition) is 0. The molecule has 0 saturated carbocycles. The zero-order valence-electron chi connectivity index (χ0n) is 9.86. The third-order valence-electron chi connectivity index (χ3n) is 2.17. The first-order valence-electron chi connectivity index (χ1n) is 5.45. The molecule has 80 valence electrons. The maximum absolute atomic E-state index is 13.2. The van der Waals surface area contributed by atoms with Crippen molar-refractivity contribution in [3.8, 4) is 0 Å². The van der Waals surface area contributed by atoms with Crippen molar-refractivity contribution in [3.05, 3.63) is 0 Å². The van der Waals surface area contributed by atoms with Gasteiger partial charge in [-0.25, -0.2) is 4.39 Å². The molecule has 0 bridgehead atoms. The van der Waals surface area contributed by atoms with E-state index in [9.17, 15) is 4.39 Å². The Kier molecular flexibility index (Phi) is 5.59. The summed E-state index contributed by atoms with van der Waals surface area (Å²) in [6, 6.07) is 0. The Morgan fingerprint density at radius 2 is 1.69 bits per heavy atom. The molecular weight excluding hydrogens is 163 g/mol. The molecule has 0 fully saturated rings. The third kappa shape index (κ3) is 9.85. The van der Waals surface area contributed by atoms with Crippen molar-refractivity contribution >= 4 is 0 Å². The van der Waals surface area contributed by atoms with E-state index in [-0.39, 0.29) is 0 Å². The molecule has 0 nitrogen and oxygen atoms in total. The molecule has 0 aromatic rings. The molecule has 0 saturated heterocycles. The van der Waals surface area contributed by atoms with Crippen molar-refractivity contribution in [2.45, 2.75) is 66.5 Å². The van der Waals surface area contributed by atoms with Gasteiger partial charge in [0.05, 0.1) is 0 Å². The molecule has 0 N–H and O–H groups in total. The van der Waals surface area contributed by atoms with Gasteiger partial charge in [-0.2, -0.15) is 0 Å². The number of rotatable bonds is 5. The van der Waals surface area contributed by atoms with Gasteiger partial charge in [0.1, 0.15) is 6.17 Å². The van der Waals surface area contributed by atoms with Crippen LogP contribution in [0.4, 0.5) is 4.39 Å². The lowest BCUT2D eigenvalue weighted by atomic mass is 9.89. The highest BCUT2D eigenvalue weighted by molar-refractivity contribution is 4.65. The fraction of sp³-hybridized carbons (Fsp3) is 1.00. The first kappa shape index (κ1) is 12.9. The number of hydrogen-bond acceptors (Lipinski definition) is 0. The third-order valence-corrected chi connectivity index (χ3v) is 2.17. The van der Waals surface area contributed by atoms with E-state index >= 15 is 0 Å². The Hall–Kier alpha value is -0.0700. The van der Waals surface area contributed by atoms with E-state index in [2.05, 4.69) is 34.6 Å². The van der Waals surface area contributed by atoms with E-state index < -0.39 is 6.17 Å².